The minimum Gasteiger partial charge on any atom is -0.311 e. The van der Waals surface area contributed by atoms with Crippen LogP contribution in [0.25, 0.3) is 81.0 Å². The molecule has 0 aliphatic carbocycles. The van der Waals surface area contributed by atoms with E-state index in [-0.39, 0.29) is 17.5 Å². The highest BCUT2D eigenvalue weighted by Gasteiger charge is 2.46. The molecule has 2 aliphatic rings. The summed E-state index contributed by atoms with van der Waals surface area (Å²) in [5.41, 5.74) is 25.6. The van der Waals surface area contributed by atoms with E-state index in [2.05, 4.69) is 299 Å². The summed E-state index contributed by atoms with van der Waals surface area (Å²) >= 11 is 1.92. The molecule has 0 fully saturated rings. The minimum atomic E-state index is -0.222. The van der Waals surface area contributed by atoms with Crippen LogP contribution in [0.3, 0.4) is 0 Å². The number of unbranched alkanes of at least 4 members (excludes halogenated alkanes) is 1. The largest absolute Gasteiger partial charge is 0.311 e. The third-order valence-corrected chi connectivity index (χ3v) is 19.0. The molecule has 0 bridgehead atoms. The Balaban J connectivity index is 1.13. The highest BCUT2D eigenvalue weighted by molar-refractivity contribution is 7.25. The van der Waals surface area contributed by atoms with Crippen LogP contribution in [0, 0.1) is 0 Å². The lowest BCUT2D eigenvalue weighted by Crippen LogP contribution is -2.61. The molecule has 15 rings (SSSR count). The van der Waals surface area contributed by atoms with E-state index >= 15 is 0 Å². The van der Waals surface area contributed by atoms with Gasteiger partial charge in [0.15, 0.2) is 0 Å². The Hall–Kier alpha value is -8.90. The van der Waals surface area contributed by atoms with Crippen molar-refractivity contribution in [3.05, 3.63) is 253 Å². The fraction of sp³-hybridized carbons (Fsp3) is 0.154. The average Bonchev–Trinajstić information content (AvgIpc) is 2.06. The third kappa shape index (κ3) is 8.29. The molecule has 11 aromatic carbocycles. The van der Waals surface area contributed by atoms with E-state index in [4.69, 9.17) is 0 Å². The van der Waals surface area contributed by atoms with Crippen LogP contribution >= 0.6 is 11.3 Å². The van der Waals surface area contributed by atoms with Crippen LogP contribution in [0.1, 0.15) is 78.0 Å². The zero-order valence-electron chi connectivity index (χ0n) is 48.5. The summed E-state index contributed by atoms with van der Waals surface area (Å²) in [5, 5.41) is 5.24. The Labute approximate surface area is 492 Å². The van der Waals surface area contributed by atoms with Gasteiger partial charge in [0.05, 0.1) is 16.7 Å². The Morgan fingerprint density at radius 2 is 0.952 bits per heavy atom. The van der Waals surface area contributed by atoms with E-state index in [0.29, 0.717) is 0 Å². The first-order valence-electron chi connectivity index (χ1n) is 29.8. The quantitative estimate of drug-likeness (QED) is 0.133. The van der Waals surface area contributed by atoms with Gasteiger partial charge in [0.1, 0.15) is 0 Å². The Morgan fingerprint density at radius 3 is 1.57 bits per heavy atom. The first-order chi connectivity index (χ1) is 40.4. The van der Waals surface area contributed by atoms with Crippen molar-refractivity contribution >= 4 is 111 Å². The van der Waals surface area contributed by atoms with Crippen molar-refractivity contribution in [1.82, 2.24) is 4.57 Å². The second-order valence-corrected chi connectivity index (χ2v) is 26.2. The molecule has 0 saturated carbocycles. The molecule has 13 aromatic rings. The van der Waals surface area contributed by atoms with Gasteiger partial charge < -0.3 is 14.4 Å². The van der Waals surface area contributed by atoms with Crippen LogP contribution in [-0.2, 0) is 17.3 Å². The summed E-state index contributed by atoms with van der Waals surface area (Å²) in [7, 11) is 0. The maximum Gasteiger partial charge on any atom is 0.252 e. The van der Waals surface area contributed by atoms with Gasteiger partial charge in [-0.1, -0.05) is 219 Å². The van der Waals surface area contributed by atoms with Gasteiger partial charge in [0, 0.05) is 76.2 Å². The maximum atomic E-state index is 2.73. The van der Waals surface area contributed by atoms with Gasteiger partial charge in [-0.3, -0.25) is 0 Å². The molecule has 3 nitrogen and oxygen atoms in total. The lowest BCUT2D eigenvalue weighted by atomic mass is 9.33. The van der Waals surface area contributed by atoms with E-state index < -0.39 is 0 Å². The molecule has 0 N–H and O–H groups in total. The summed E-state index contributed by atoms with van der Waals surface area (Å²) in [6, 6.07) is 90.2. The molecule has 5 heteroatoms. The fourth-order valence-electron chi connectivity index (χ4n) is 13.7. The van der Waals surface area contributed by atoms with E-state index in [9.17, 15) is 0 Å². The molecule has 0 spiro atoms. The smallest absolute Gasteiger partial charge is 0.252 e. The number of thiophene rings is 1. The molecule has 0 radical (unpaired) electrons. The van der Waals surface area contributed by atoms with Gasteiger partial charge in [-0.25, -0.2) is 0 Å². The first kappa shape index (κ1) is 51.0. The second-order valence-electron chi connectivity index (χ2n) is 25.1. The third-order valence-electron chi connectivity index (χ3n) is 17.9. The van der Waals surface area contributed by atoms with Crippen LogP contribution < -0.4 is 26.2 Å². The monoisotopic (exact) mass is 1090 g/mol. The van der Waals surface area contributed by atoms with Crippen molar-refractivity contribution in [2.45, 2.75) is 78.6 Å². The van der Waals surface area contributed by atoms with Gasteiger partial charge in [0.25, 0.3) is 6.71 Å². The van der Waals surface area contributed by atoms with E-state index in [1.165, 1.54) is 143 Å². The number of hydrogen-bond donors (Lipinski definition) is 0. The number of fused-ring (bicyclic) bond motifs is 10. The second kappa shape index (κ2) is 19.6. The van der Waals surface area contributed by atoms with Crippen molar-refractivity contribution in [2.24, 2.45) is 0 Å². The summed E-state index contributed by atoms with van der Waals surface area (Å²) in [6.45, 7) is 16.5. The van der Waals surface area contributed by atoms with Gasteiger partial charge in [-0.15, -0.1) is 11.3 Å². The summed E-state index contributed by atoms with van der Waals surface area (Å²) in [5.74, 6) is 0. The molecule has 4 heterocycles. The van der Waals surface area contributed by atoms with Gasteiger partial charge in [-0.2, -0.15) is 0 Å². The van der Waals surface area contributed by atoms with Gasteiger partial charge in [-0.05, 0) is 152 Å². The number of aromatic nitrogens is 1. The number of rotatable bonds is 9. The number of benzene rings is 11. The SMILES string of the molecule is CCCCc1c(N2c3ccc(-c4ccccc4)cc3B3c4ccc(-n5c6ccccc6c6ccccc65)cc4N(c4c(-c5ccccc5)cc(C(C)(C)C)cc4-c4ccccc4)c4cc(C(C)(C)C)cc2c43)ccc2sc3ccccc3c12. The molecule has 0 amide bonds. The van der Waals surface area contributed by atoms with Crippen molar-refractivity contribution in [1.29, 1.82) is 0 Å². The molecule has 2 aliphatic heterocycles. The van der Waals surface area contributed by atoms with Crippen molar-refractivity contribution in [3.63, 3.8) is 0 Å². The Kier molecular flexibility index (Phi) is 12.1. The molecular weight excluding hydrogens is 1020 g/mol. The Bertz CT molecular complexity index is 4580. The Morgan fingerprint density at radius 1 is 0.410 bits per heavy atom. The summed E-state index contributed by atoms with van der Waals surface area (Å²) in [4.78, 5) is 5.44. The number of para-hydroxylation sites is 2. The topological polar surface area (TPSA) is 11.4 Å². The molecule has 0 unspecified atom stereocenters. The highest BCUT2D eigenvalue weighted by atomic mass is 32.1. The van der Waals surface area contributed by atoms with Gasteiger partial charge in [0.2, 0.25) is 0 Å². The predicted octanol–water partition coefficient (Wildman–Crippen LogP) is 20.2. The molecule has 83 heavy (non-hydrogen) atoms. The maximum absolute atomic E-state index is 2.73. The van der Waals surface area contributed by atoms with E-state index in [1.807, 2.05) is 11.3 Å². The molecule has 0 saturated heterocycles. The number of aryl methyl sites for hydroxylation is 1. The van der Waals surface area contributed by atoms with Gasteiger partial charge >= 0.3 is 0 Å². The van der Waals surface area contributed by atoms with Crippen molar-refractivity contribution < 1.29 is 0 Å². The number of hydrogen-bond acceptors (Lipinski definition) is 3. The number of nitrogens with zero attached hydrogens (tertiary/aromatic N) is 3. The normalized spacial score (nSPS) is 13.1. The minimum absolute atomic E-state index is 0.124. The van der Waals surface area contributed by atoms with Crippen molar-refractivity contribution in [3.8, 4) is 39.1 Å². The zero-order valence-corrected chi connectivity index (χ0v) is 49.3. The lowest BCUT2D eigenvalue weighted by molar-refractivity contribution is 0.590. The summed E-state index contributed by atoms with van der Waals surface area (Å²) in [6.07, 6.45) is 3.18. The van der Waals surface area contributed by atoms with Crippen LogP contribution in [0.15, 0.2) is 237 Å². The van der Waals surface area contributed by atoms with Crippen LogP contribution in [-0.4, -0.2) is 11.3 Å². The first-order valence-corrected chi connectivity index (χ1v) is 30.6. The standard InChI is InChI=1S/C78H66BN3S/c1-8-9-31-59-67(42-43-73-74(59)60-34-21-24-37-72(60)83-73)81-68-41-38-53(50-25-13-10-14-26-50)44-64(68)79-63-40-39-56(80-65-35-22-19-32-57(65)58-33-20-23-36-66(58)80)49-69(63)82(71-48-55(78(5,6)7)47-70(81)75(71)79)76-61(51-27-15-11-16-28-51)45-54(77(2,3)4)46-62(76)52-29-17-12-18-30-52/h10-30,32-49H,8-9,31H2,1-7H3. The lowest BCUT2D eigenvalue weighted by Gasteiger charge is -2.46. The van der Waals surface area contributed by atoms with Crippen LogP contribution in [0.5, 0.6) is 0 Å². The molecule has 402 valence electrons. The molecule has 0 atom stereocenters. The van der Waals surface area contributed by atoms with Crippen LogP contribution in [0.2, 0.25) is 0 Å². The molecule has 2 aromatic heterocycles. The van der Waals surface area contributed by atoms with Crippen LogP contribution in [0.4, 0.5) is 34.1 Å². The zero-order chi connectivity index (χ0) is 56.3. The number of anilines is 6. The summed E-state index contributed by atoms with van der Waals surface area (Å²) < 4.78 is 5.19. The molecular formula is C78H66BN3S. The van der Waals surface area contributed by atoms with E-state index in [0.717, 1.165) is 24.9 Å². The highest BCUT2D eigenvalue weighted by Crippen LogP contribution is 2.54. The van der Waals surface area contributed by atoms with E-state index in [1.54, 1.807) is 0 Å². The predicted molar refractivity (Wildman–Crippen MR) is 360 cm³/mol. The fourth-order valence-corrected chi connectivity index (χ4v) is 14.9. The van der Waals surface area contributed by atoms with Crippen molar-refractivity contribution in [2.75, 3.05) is 9.80 Å². The average molecular weight is 1090 g/mol.